The number of hydrogen-bond donors (Lipinski definition) is 0. The highest BCUT2D eigenvalue weighted by molar-refractivity contribution is 5.71. The minimum Gasteiger partial charge on any atom is -0.462 e. The molecule has 0 aromatic carbocycles. The standard InChI is InChI=1S/C76H132O6/c1-4-7-10-13-16-19-22-25-27-29-31-33-35-36-37-38-39-40-42-43-45-47-49-51-54-57-60-63-66-69-75(78)81-72-73(71-80-74(77)68-65-62-59-56-53-24-21-18-15-12-9-6-3)82-76(79)70-67-64-61-58-55-52-50-48-46-44-41-34-32-30-28-26-23-20-17-14-11-8-5-2/h8,11,17-18,20-21,26,28,32,34,44,46,50,52,58,61,73H,4-7,9-10,12-16,19,22-25,27,29-31,33,35-43,45,47-49,51,53-57,59-60,62-72H2,1-3H3/b11-8-,20-17-,21-18-,28-26-,34-32-,46-44-,52-50-,61-58-. The van der Waals surface area contributed by atoms with E-state index in [1.54, 1.807) is 0 Å². The van der Waals surface area contributed by atoms with E-state index in [-0.39, 0.29) is 37.5 Å². The Kier molecular flexibility index (Phi) is 66.7. The minimum atomic E-state index is -0.812. The molecule has 0 amide bonds. The predicted molar refractivity (Wildman–Crippen MR) is 357 cm³/mol. The van der Waals surface area contributed by atoms with Crippen molar-refractivity contribution >= 4 is 17.9 Å². The van der Waals surface area contributed by atoms with Crippen LogP contribution in [-0.2, 0) is 28.6 Å². The van der Waals surface area contributed by atoms with Crippen molar-refractivity contribution in [2.45, 2.75) is 354 Å². The molecule has 472 valence electrons. The molecule has 0 aromatic rings. The van der Waals surface area contributed by atoms with E-state index < -0.39 is 6.10 Å². The van der Waals surface area contributed by atoms with Crippen molar-refractivity contribution in [3.05, 3.63) is 97.2 Å². The lowest BCUT2D eigenvalue weighted by Crippen LogP contribution is -2.30. The monoisotopic (exact) mass is 1140 g/mol. The Morgan fingerprint density at radius 1 is 0.256 bits per heavy atom. The highest BCUT2D eigenvalue weighted by Crippen LogP contribution is 2.18. The van der Waals surface area contributed by atoms with Gasteiger partial charge in [-0.15, -0.1) is 0 Å². The van der Waals surface area contributed by atoms with E-state index in [2.05, 4.69) is 118 Å². The van der Waals surface area contributed by atoms with Gasteiger partial charge < -0.3 is 14.2 Å². The van der Waals surface area contributed by atoms with Crippen LogP contribution >= 0.6 is 0 Å². The van der Waals surface area contributed by atoms with Crippen LogP contribution in [0.2, 0.25) is 0 Å². The molecule has 0 N–H and O–H groups in total. The third kappa shape index (κ3) is 67.1. The van der Waals surface area contributed by atoms with Crippen molar-refractivity contribution < 1.29 is 28.6 Å². The van der Waals surface area contributed by atoms with Gasteiger partial charge in [0.25, 0.3) is 0 Å². The fourth-order valence-corrected chi connectivity index (χ4v) is 10.1. The smallest absolute Gasteiger partial charge is 0.306 e. The Balaban J connectivity index is 4.29. The fraction of sp³-hybridized carbons (Fsp3) is 0.750. The largest absolute Gasteiger partial charge is 0.462 e. The fourth-order valence-electron chi connectivity index (χ4n) is 10.1. The number of unbranched alkanes of at least 4 members (excludes halogenated alkanes) is 37. The zero-order chi connectivity index (χ0) is 59.2. The maximum atomic E-state index is 12.9. The zero-order valence-corrected chi connectivity index (χ0v) is 54.2. The number of rotatable bonds is 64. The quantitative estimate of drug-likeness (QED) is 0.0261. The van der Waals surface area contributed by atoms with Crippen LogP contribution in [0.25, 0.3) is 0 Å². The van der Waals surface area contributed by atoms with Crippen LogP contribution in [0, 0.1) is 0 Å². The van der Waals surface area contributed by atoms with Crippen LogP contribution in [0.4, 0.5) is 0 Å². The lowest BCUT2D eigenvalue weighted by Gasteiger charge is -2.18. The molecule has 0 radical (unpaired) electrons. The summed E-state index contributed by atoms with van der Waals surface area (Å²) in [6.45, 7) is 6.49. The van der Waals surface area contributed by atoms with Crippen molar-refractivity contribution in [3.63, 3.8) is 0 Å². The van der Waals surface area contributed by atoms with E-state index in [1.807, 2.05) is 0 Å². The molecule has 0 aliphatic rings. The third-order valence-corrected chi connectivity index (χ3v) is 15.3. The van der Waals surface area contributed by atoms with Crippen molar-refractivity contribution in [1.82, 2.24) is 0 Å². The number of ether oxygens (including phenoxy) is 3. The van der Waals surface area contributed by atoms with Crippen LogP contribution < -0.4 is 0 Å². The molecule has 0 heterocycles. The van der Waals surface area contributed by atoms with Gasteiger partial charge in [-0.3, -0.25) is 14.4 Å². The summed E-state index contributed by atoms with van der Waals surface area (Å²) in [6, 6.07) is 0. The molecule has 0 aliphatic carbocycles. The summed E-state index contributed by atoms with van der Waals surface area (Å²) in [5.41, 5.74) is 0. The van der Waals surface area contributed by atoms with E-state index in [0.29, 0.717) is 19.3 Å². The Labute approximate surface area is 508 Å². The van der Waals surface area contributed by atoms with Gasteiger partial charge in [0.05, 0.1) is 0 Å². The lowest BCUT2D eigenvalue weighted by atomic mass is 10.0. The van der Waals surface area contributed by atoms with Gasteiger partial charge in [-0.1, -0.05) is 330 Å². The molecule has 0 saturated carbocycles. The summed E-state index contributed by atoms with van der Waals surface area (Å²) >= 11 is 0. The highest BCUT2D eigenvalue weighted by Gasteiger charge is 2.19. The number of allylic oxidation sites excluding steroid dienone is 16. The number of carbonyl (C=O) groups is 3. The van der Waals surface area contributed by atoms with E-state index in [0.717, 1.165) is 103 Å². The molecular formula is C76H132O6. The number of esters is 3. The molecule has 0 saturated heterocycles. The molecule has 0 aromatic heterocycles. The van der Waals surface area contributed by atoms with Gasteiger partial charge >= 0.3 is 17.9 Å². The Hall–Kier alpha value is -3.67. The van der Waals surface area contributed by atoms with Gasteiger partial charge in [0.2, 0.25) is 0 Å². The van der Waals surface area contributed by atoms with Crippen molar-refractivity contribution in [1.29, 1.82) is 0 Å². The first kappa shape index (κ1) is 78.3. The highest BCUT2D eigenvalue weighted by atomic mass is 16.6. The molecule has 1 atom stereocenters. The molecule has 82 heavy (non-hydrogen) atoms. The summed E-state index contributed by atoms with van der Waals surface area (Å²) in [5.74, 6) is -0.957. The van der Waals surface area contributed by atoms with E-state index in [4.69, 9.17) is 14.2 Å². The molecule has 6 nitrogen and oxygen atoms in total. The number of carbonyl (C=O) groups excluding carboxylic acids is 3. The first-order chi connectivity index (χ1) is 40.5. The second kappa shape index (κ2) is 69.8. The van der Waals surface area contributed by atoms with Gasteiger partial charge in [-0.2, -0.15) is 0 Å². The topological polar surface area (TPSA) is 78.9 Å². The van der Waals surface area contributed by atoms with E-state index >= 15 is 0 Å². The van der Waals surface area contributed by atoms with Crippen molar-refractivity contribution in [3.8, 4) is 0 Å². The summed E-state index contributed by atoms with van der Waals surface area (Å²) in [7, 11) is 0. The molecule has 0 rings (SSSR count). The Bertz CT molecular complexity index is 1590. The summed E-state index contributed by atoms with van der Waals surface area (Å²) in [5, 5.41) is 0. The summed E-state index contributed by atoms with van der Waals surface area (Å²) < 4.78 is 16.9. The molecule has 6 heteroatoms. The summed E-state index contributed by atoms with van der Waals surface area (Å²) in [6.07, 6.45) is 94.6. The minimum absolute atomic E-state index is 0.101. The first-order valence-electron chi connectivity index (χ1n) is 35.2. The van der Waals surface area contributed by atoms with Gasteiger partial charge in [0.1, 0.15) is 13.2 Å². The first-order valence-corrected chi connectivity index (χ1v) is 35.2. The molecular weight excluding hydrogens is 1010 g/mol. The molecule has 0 fully saturated rings. The van der Waals surface area contributed by atoms with Gasteiger partial charge in [0, 0.05) is 19.3 Å². The zero-order valence-electron chi connectivity index (χ0n) is 54.2. The predicted octanol–water partition coefficient (Wildman–Crippen LogP) is 24.4. The molecule has 1 unspecified atom stereocenters. The second-order valence-electron chi connectivity index (χ2n) is 23.4. The van der Waals surface area contributed by atoms with Crippen LogP contribution in [-0.4, -0.2) is 37.2 Å². The molecule has 0 bridgehead atoms. The van der Waals surface area contributed by atoms with Crippen LogP contribution in [0.3, 0.4) is 0 Å². The second-order valence-corrected chi connectivity index (χ2v) is 23.4. The number of hydrogen-bond acceptors (Lipinski definition) is 6. The average molecular weight is 1140 g/mol. The Morgan fingerprint density at radius 2 is 0.488 bits per heavy atom. The normalized spacial score (nSPS) is 12.7. The molecule has 0 aliphatic heterocycles. The maximum absolute atomic E-state index is 12.9. The van der Waals surface area contributed by atoms with Crippen LogP contribution in [0.15, 0.2) is 97.2 Å². The van der Waals surface area contributed by atoms with Gasteiger partial charge in [0.15, 0.2) is 6.10 Å². The van der Waals surface area contributed by atoms with Crippen molar-refractivity contribution in [2.75, 3.05) is 13.2 Å². The van der Waals surface area contributed by atoms with Crippen molar-refractivity contribution in [2.24, 2.45) is 0 Å². The van der Waals surface area contributed by atoms with Gasteiger partial charge in [-0.25, -0.2) is 0 Å². The average Bonchev–Trinajstić information content (AvgIpc) is 3.47. The third-order valence-electron chi connectivity index (χ3n) is 15.3. The maximum Gasteiger partial charge on any atom is 0.306 e. The van der Waals surface area contributed by atoms with Crippen LogP contribution in [0.1, 0.15) is 348 Å². The summed E-state index contributed by atoms with van der Waals surface area (Å²) in [4.78, 5) is 38.3. The van der Waals surface area contributed by atoms with E-state index in [1.165, 1.54) is 199 Å². The Morgan fingerprint density at radius 3 is 0.817 bits per heavy atom. The lowest BCUT2D eigenvalue weighted by molar-refractivity contribution is -0.167. The van der Waals surface area contributed by atoms with E-state index in [9.17, 15) is 14.4 Å². The molecule has 0 spiro atoms. The SMILES string of the molecule is CC/C=C\C/C=C\C/C=C\C/C=C\C/C=C\C/C=C\C/C=C\CCCC(=O)OC(COC(=O)CCCCCCC/C=C\CCCCC)COC(=O)CCCCCCCCCCCCCCCCCCCCCCCCCCCCCCC. The van der Waals surface area contributed by atoms with Crippen LogP contribution in [0.5, 0.6) is 0 Å². The van der Waals surface area contributed by atoms with Gasteiger partial charge in [-0.05, 0) is 96.3 Å².